The lowest BCUT2D eigenvalue weighted by molar-refractivity contribution is -0.143. The number of ether oxygens (including phenoxy) is 1. The number of carboxylic acids is 1. The van der Waals surface area contributed by atoms with Crippen molar-refractivity contribution in [2.24, 2.45) is 0 Å². The number of benzene rings is 1. The summed E-state index contributed by atoms with van der Waals surface area (Å²) in [5, 5.41) is 10.7. The molecule has 116 valence electrons. The normalized spacial score (nSPS) is 12.0. The van der Waals surface area contributed by atoms with Gasteiger partial charge in [0.15, 0.2) is 6.61 Å². The first-order chi connectivity index (χ1) is 9.79. The number of amides is 1. The van der Waals surface area contributed by atoms with Gasteiger partial charge in [0, 0.05) is 6.42 Å². The Hall–Kier alpha value is -2.18. The van der Waals surface area contributed by atoms with Crippen LogP contribution in [-0.2, 0) is 9.59 Å². The molecule has 1 aromatic rings. The Bertz CT molecular complexity index is 520. The highest BCUT2D eigenvalue weighted by molar-refractivity contribution is 5.84. The van der Waals surface area contributed by atoms with E-state index in [1.54, 1.807) is 12.1 Å². The first-order valence-corrected chi connectivity index (χ1v) is 6.30. The summed E-state index contributed by atoms with van der Waals surface area (Å²) in [7, 11) is 0. The molecule has 0 aliphatic rings. The third kappa shape index (κ3) is 5.76. The molecule has 1 aromatic carbocycles. The van der Waals surface area contributed by atoms with Gasteiger partial charge < -0.3 is 15.2 Å². The van der Waals surface area contributed by atoms with Crippen LogP contribution in [0.2, 0.25) is 0 Å². The van der Waals surface area contributed by atoms with Crippen molar-refractivity contribution < 1.29 is 28.2 Å². The second kappa shape index (κ2) is 7.56. The predicted molar refractivity (Wildman–Crippen MR) is 71.6 cm³/mol. The molecule has 21 heavy (non-hydrogen) atoms. The van der Waals surface area contributed by atoms with Crippen molar-refractivity contribution in [1.82, 2.24) is 5.32 Å². The number of nitrogens with one attached hydrogen (secondary N) is 1. The molecule has 0 spiro atoms. The summed E-state index contributed by atoms with van der Waals surface area (Å²) in [6.07, 6.45) is -3.75. The number of aryl methyl sites for hydroxylation is 2. The van der Waals surface area contributed by atoms with Crippen LogP contribution in [0.15, 0.2) is 18.2 Å². The van der Waals surface area contributed by atoms with Gasteiger partial charge in [0.1, 0.15) is 11.8 Å². The number of carboxylic acid groups (broad SMARTS) is 1. The van der Waals surface area contributed by atoms with E-state index in [4.69, 9.17) is 9.84 Å². The zero-order valence-corrected chi connectivity index (χ0v) is 11.7. The van der Waals surface area contributed by atoms with Gasteiger partial charge in [0.05, 0.1) is 0 Å². The Balaban J connectivity index is 2.52. The maximum absolute atomic E-state index is 12.2. The maximum atomic E-state index is 12.2. The molecule has 1 unspecified atom stereocenters. The third-order valence-electron chi connectivity index (χ3n) is 2.90. The molecule has 0 fully saturated rings. The van der Waals surface area contributed by atoms with Gasteiger partial charge >= 0.3 is 5.97 Å². The summed E-state index contributed by atoms with van der Waals surface area (Å²) in [6, 6.07) is 3.60. The Labute approximate surface area is 120 Å². The van der Waals surface area contributed by atoms with Crippen molar-refractivity contribution in [2.45, 2.75) is 32.7 Å². The molecule has 7 heteroatoms. The Morgan fingerprint density at radius 3 is 2.48 bits per heavy atom. The van der Waals surface area contributed by atoms with Crippen molar-refractivity contribution in [3.63, 3.8) is 0 Å². The average Bonchev–Trinajstić information content (AvgIpc) is 2.38. The fourth-order valence-corrected chi connectivity index (χ4v) is 1.59. The largest absolute Gasteiger partial charge is 0.484 e. The SMILES string of the molecule is Cc1ccc(OCC(=O)NC(CC(F)F)C(=O)O)cc1C. The molecule has 1 rings (SSSR count). The Morgan fingerprint density at radius 1 is 1.29 bits per heavy atom. The fourth-order valence-electron chi connectivity index (χ4n) is 1.59. The second-order valence-corrected chi connectivity index (χ2v) is 4.62. The maximum Gasteiger partial charge on any atom is 0.326 e. The van der Waals surface area contributed by atoms with Crippen molar-refractivity contribution in [2.75, 3.05) is 6.61 Å². The van der Waals surface area contributed by atoms with Crippen LogP contribution in [0, 0.1) is 13.8 Å². The number of halogens is 2. The lowest BCUT2D eigenvalue weighted by Gasteiger charge is -2.14. The summed E-state index contributed by atoms with van der Waals surface area (Å²) in [5.41, 5.74) is 2.05. The van der Waals surface area contributed by atoms with Gasteiger partial charge in [0.25, 0.3) is 5.91 Å². The van der Waals surface area contributed by atoms with Crippen LogP contribution in [0.5, 0.6) is 5.75 Å². The van der Waals surface area contributed by atoms with E-state index in [1.165, 1.54) is 0 Å². The Kier molecular flexibility index (Phi) is 6.08. The molecule has 0 aliphatic carbocycles. The van der Waals surface area contributed by atoms with Gasteiger partial charge in [-0.1, -0.05) is 6.07 Å². The number of rotatable bonds is 7. The van der Waals surface area contributed by atoms with E-state index < -0.39 is 37.4 Å². The molecule has 0 heterocycles. The van der Waals surface area contributed by atoms with Crippen molar-refractivity contribution >= 4 is 11.9 Å². The van der Waals surface area contributed by atoms with Crippen molar-refractivity contribution in [1.29, 1.82) is 0 Å². The van der Waals surface area contributed by atoms with Crippen LogP contribution in [0.25, 0.3) is 0 Å². The predicted octanol–water partition coefficient (Wildman–Crippen LogP) is 1.91. The summed E-state index contributed by atoms with van der Waals surface area (Å²) in [4.78, 5) is 22.3. The molecule has 0 aliphatic heterocycles. The lowest BCUT2D eigenvalue weighted by atomic mass is 10.1. The summed E-state index contributed by atoms with van der Waals surface area (Å²) in [5.74, 6) is -1.81. The second-order valence-electron chi connectivity index (χ2n) is 4.62. The molecular weight excluding hydrogens is 284 g/mol. The van der Waals surface area contributed by atoms with Crippen LogP contribution < -0.4 is 10.1 Å². The smallest absolute Gasteiger partial charge is 0.326 e. The highest BCUT2D eigenvalue weighted by Crippen LogP contribution is 2.16. The molecule has 1 atom stereocenters. The summed E-state index contributed by atoms with van der Waals surface area (Å²) in [6.45, 7) is 3.37. The van der Waals surface area contributed by atoms with E-state index in [0.29, 0.717) is 5.75 Å². The molecule has 5 nitrogen and oxygen atoms in total. The number of carbonyl (C=O) groups is 2. The molecule has 0 saturated heterocycles. The van der Waals surface area contributed by atoms with Gasteiger partial charge in [-0.25, -0.2) is 13.6 Å². The number of carbonyl (C=O) groups excluding carboxylic acids is 1. The van der Waals surface area contributed by atoms with Crippen molar-refractivity contribution in [3.8, 4) is 5.75 Å². The summed E-state index contributed by atoms with van der Waals surface area (Å²) >= 11 is 0. The van der Waals surface area contributed by atoms with E-state index >= 15 is 0 Å². The van der Waals surface area contributed by atoms with Crippen LogP contribution in [-0.4, -0.2) is 36.1 Å². The molecule has 1 amide bonds. The minimum absolute atomic E-state index is 0.435. The molecule has 0 radical (unpaired) electrons. The van der Waals surface area contributed by atoms with Gasteiger partial charge in [-0.3, -0.25) is 4.79 Å². The minimum atomic E-state index is -2.81. The number of alkyl halides is 2. The van der Waals surface area contributed by atoms with Crippen LogP contribution in [0.4, 0.5) is 8.78 Å². The van der Waals surface area contributed by atoms with Crippen LogP contribution >= 0.6 is 0 Å². The highest BCUT2D eigenvalue weighted by atomic mass is 19.3. The molecule has 0 bridgehead atoms. The number of hydrogen-bond donors (Lipinski definition) is 2. The zero-order valence-electron chi connectivity index (χ0n) is 11.7. The monoisotopic (exact) mass is 301 g/mol. The first kappa shape index (κ1) is 16.9. The van der Waals surface area contributed by atoms with E-state index in [0.717, 1.165) is 11.1 Å². The molecule has 0 aromatic heterocycles. The van der Waals surface area contributed by atoms with Gasteiger partial charge in [0.2, 0.25) is 6.43 Å². The topological polar surface area (TPSA) is 75.6 Å². The number of aliphatic carboxylic acids is 1. The fraction of sp³-hybridized carbons (Fsp3) is 0.429. The van der Waals surface area contributed by atoms with E-state index in [1.807, 2.05) is 25.2 Å². The van der Waals surface area contributed by atoms with E-state index in [9.17, 15) is 18.4 Å². The molecular formula is C14H17F2NO4. The quantitative estimate of drug-likeness (QED) is 0.806. The van der Waals surface area contributed by atoms with Crippen molar-refractivity contribution in [3.05, 3.63) is 29.3 Å². The van der Waals surface area contributed by atoms with Crippen LogP contribution in [0.3, 0.4) is 0 Å². The molecule has 2 N–H and O–H groups in total. The van der Waals surface area contributed by atoms with Gasteiger partial charge in [-0.15, -0.1) is 0 Å². The highest BCUT2D eigenvalue weighted by Gasteiger charge is 2.24. The number of hydrogen-bond acceptors (Lipinski definition) is 3. The average molecular weight is 301 g/mol. The minimum Gasteiger partial charge on any atom is -0.484 e. The lowest BCUT2D eigenvalue weighted by Crippen LogP contribution is -2.44. The first-order valence-electron chi connectivity index (χ1n) is 6.30. The Morgan fingerprint density at radius 2 is 1.95 bits per heavy atom. The summed E-state index contributed by atoms with van der Waals surface area (Å²) < 4.78 is 29.6. The van der Waals surface area contributed by atoms with Gasteiger partial charge in [-0.05, 0) is 37.1 Å². The third-order valence-corrected chi connectivity index (χ3v) is 2.90. The standard InChI is InChI=1S/C14H17F2NO4/c1-8-3-4-10(5-9(8)2)21-7-13(18)17-11(14(19)20)6-12(15)16/h3-5,11-12H,6-7H2,1-2H3,(H,17,18)(H,19,20). The van der Waals surface area contributed by atoms with E-state index in [-0.39, 0.29) is 0 Å². The van der Waals surface area contributed by atoms with E-state index in [2.05, 4.69) is 0 Å². The zero-order chi connectivity index (χ0) is 16.0. The van der Waals surface area contributed by atoms with Crippen LogP contribution in [0.1, 0.15) is 17.5 Å². The van der Waals surface area contributed by atoms with Gasteiger partial charge in [-0.2, -0.15) is 0 Å². The molecule has 0 saturated carbocycles.